The lowest BCUT2D eigenvalue weighted by atomic mass is 9.94. The maximum absolute atomic E-state index is 12.6. The quantitative estimate of drug-likeness (QED) is 0.848. The Morgan fingerprint density at radius 1 is 1.12 bits per heavy atom. The second-order valence-electron chi connectivity index (χ2n) is 6.58. The molecule has 1 saturated heterocycles. The average Bonchev–Trinajstić information content (AvgIpc) is 3.11. The molecule has 3 rings (SSSR count). The Kier molecular flexibility index (Phi) is 4.88. The van der Waals surface area contributed by atoms with Gasteiger partial charge in [0.05, 0.1) is 0 Å². The Morgan fingerprint density at radius 2 is 1.80 bits per heavy atom. The molecule has 1 N–H and O–H groups in total. The first kappa shape index (κ1) is 17.2. The second-order valence-corrected chi connectivity index (χ2v) is 6.58. The lowest BCUT2D eigenvalue weighted by Crippen LogP contribution is -2.47. The Hall–Kier alpha value is -2.63. The molecule has 6 nitrogen and oxygen atoms in total. The zero-order chi connectivity index (χ0) is 18.0. The number of aliphatic carboxylic acids is 1. The largest absolute Gasteiger partial charge is 0.479 e. The van der Waals surface area contributed by atoms with Gasteiger partial charge in [0.2, 0.25) is 5.91 Å². The molecule has 0 bridgehead atoms. The van der Waals surface area contributed by atoms with Gasteiger partial charge >= 0.3 is 5.97 Å². The van der Waals surface area contributed by atoms with Crippen molar-refractivity contribution in [3.63, 3.8) is 0 Å². The van der Waals surface area contributed by atoms with E-state index in [2.05, 4.69) is 0 Å². The highest BCUT2D eigenvalue weighted by Gasteiger charge is 2.36. The maximum atomic E-state index is 12.6. The van der Waals surface area contributed by atoms with Crippen LogP contribution in [0.25, 0.3) is 0 Å². The third-order valence-electron chi connectivity index (χ3n) is 5.00. The van der Waals surface area contributed by atoms with E-state index < -0.39 is 12.0 Å². The maximum Gasteiger partial charge on any atom is 0.330 e. The minimum Gasteiger partial charge on any atom is -0.479 e. The number of carboxylic acids is 1. The van der Waals surface area contributed by atoms with Crippen LogP contribution in [0.3, 0.4) is 0 Å². The molecule has 6 heteroatoms. The van der Waals surface area contributed by atoms with Crippen molar-refractivity contribution >= 4 is 17.8 Å². The summed E-state index contributed by atoms with van der Waals surface area (Å²) < 4.78 is 0. The molecular formula is C19H22N2O4. The van der Waals surface area contributed by atoms with E-state index in [1.807, 2.05) is 31.2 Å². The molecule has 1 fully saturated rings. The summed E-state index contributed by atoms with van der Waals surface area (Å²) >= 11 is 0. The van der Waals surface area contributed by atoms with Crippen molar-refractivity contribution in [2.45, 2.75) is 25.8 Å². The molecule has 1 atom stereocenters. The number of carbonyl (C=O) groups is 3. The molecule has 0 spiro atoms. The van der Waals surface area contributed by atoms with Gasteiger partial charge in [-0.2, -0.15) is 0 Å². The van der Waals surface area contributed by atoms with Crippen LogP contribution < -0.4 is 0 Å². The summed E-state index contributed by atoms with van der Waals surface area (Å²) in [7, 11) is 0. The van der Waals surface area contributed by atoms with Crippen molar-refractivity contribution in [3.05, 3.63) is 47.5 Å². The normalized spacial score (nSPS) is 20.8. The van der Waals surface area contributed by atoms with Crippen molar-refractivity contribution in [2.75, 3.05) is 19.6 Å². The molecule has 25 heavy (non-hydrogen) atoms. The van der Waals surface area contributed by atoms with E-state index in [9.17, 15) is 19.5 Å². The van der Waals surface area contributed by atoms with E-state index in [1.165, 1.54) is 4.90 Å². The molecule has 1 aromatic rings. The number of hydrogen-bond donors (Lipinski definition) is 1. The van der Waals surface area contributed by atoms with Gasteiger partial charge in [-0.05, 0) is 31.4 Å². The van der Waals surface area contributed by atoms with E-state index in [-0.39, 0.29) is 17.7 Å². The number of carboxylic acid groups (broad SMARTS) is 1. The number of benzene rings is 1. The van der Waals surface area contributed by atoms with Gasteiger partial charge < -0.3 is 14.9 Å². The van der Waals surface area contributed by atoms with Gasteiger partial charge in [0.15, 0.2) is 0 Å². The SMILES string of the molecule is Cc1ccccc1C(=O)N1CCC(C(=O)N2CC=C[C@H]2C(=O)O)CC1. The van der Waals surface area contributed by atoms with Gasteiger partial charge in [-0.15, -0.1) is 0 Å². The fourth-order valence-electron chi connectivity index (χ4n) is 3.51. The molecule has 132 valence electrons. The zero-order valence-corrected chi connectivity index (χ0v) is 14.2. The number of hydrogen-bond acceptors (Lipinski definition) is 3. The summed E-state index contributed by atoms with van der Waals surface area (Å²) in [4.78, 5) is 39.7. The van der Waals surface area contributed by atoms with Crippen LogP contribution in [0.2, 0.25) is 0 Å². The van der Waals surface area contributed by atoms with Crippen LogP contribution >= 0.6 is 0 Å². The van der Waals surface area contributed by atoms with Gasteiger partial charge in [0.1, 0.15) is 6.04 Å². The lowest BCUT2D eigenvalue weighted by molar-refractivity contribution is -0.149. The number of nitrogens with zero attached hydrogens (tertiary/aromatic N) is 2. The predicted octanol–water partition coefficient (Wildman–Crippen LogP) is 1.70. The molecule has 0 saturated carbocycles. The standard InChI is InChI=1S/C19H22N2O4/c1-13-5-2-3-6-15(13)18(23)20-11-8-14(9-12-20)17(22)21-10-4-7-16(21)19(24)25/h2-7,14,16H,8-12H2,1H3,(H,24,25)/t16-/m0/s1. The highest BCUT2D eigenvalue weighted by Crippen LogP contribution is 2.24. The number of amides is 2. The third kappa shape index (κ3) is 3.43. The summed E-state index contributed by atoms with van der Waals surface area (Å²) in [5.74, 6) is -1.35. The van der Waals surface area contributed by atoms with Gasteiger partial charge in [-0.1, -0.05) is 30.4 Å². The topological polar surface area (TPSA) is 77.9 Å². The highest BCUT2D eigenvalue weighted by molar-refractivity contribution is 5.96. The van der Waals surface area contributed by atoms with E-state index in [0.29, 0.717) is 38.0 Å². The molecular weight excluding hydrogens is 320 g/mol. The molecule has 2 aliphatic heterocycles. The first-order valence-corrected chi connectivity index (χ1v) is 8.54. The lowest BCUT2D eigenvalue weighted by Gasteiger charge is -2.34. The molecule has 1 aromatic carbocycles. The predicted molar refractivity (Wildman–Crippen MR) is 92.1 cm³/mol. The molecule has 0 unspecified atom stereocenters. The van der Waals surface area contributed by atoms with Gasteiger partial charge in [-0.3, -0.25) is 9.59 Å². The van der Waals surface area contributed by atoms with Crippen molar-refractivity contribution in [1.29, 1.82) is 0 Å². The number of aryl methyl sites for hydroxylation is 1. The van der Waals surface area contributed by atoms with Crippen LogP contribution in [-0.2, 0) is 9.59 Å². The fraction of sp³-hybridized carbons (Fsp3) is 0.421. The van der Waals surface area contributed by atoms with Crippen LogP contribution in [-0.4, -0.2) is 58.4 Å². The van der Waals surface area contributed by atoms with Crippen LogP contribution in [0, 0.1) is 12.8 Å². The summed E-state index contributed by atoms with van der Waals surface area (Å²) in [5, 5.41) is 9.20. The number of likely N-dealkylation sites (tertiary alicyclic amines) is 1. The van der Waals surface area contributed by atoms with Gasteiger partial charge in [0, 0.05) is 31.1 Å². The minimum atomic E-state index is -1.01. The Bertz CT molecular complexity index is 720. The van der Waals surface area contributed by atoms with E-state index in [4.69, 9.17) is 0 Å². The van der Waals surface area contributed by atoms with Crippen molar-refractivity contribution in [3.8, 4) is 0 Å². The molecule has 0 radical (unpaired) electrons. The van der Waals surface area contributed by atoms with Crippen LogP contribution in [0.1, 0.15) is 28.8 Å². The van der Waals surface area contributed by atoms with Crippen molar-refractivity contribution in [1.82, 2.24) is 9.80 Å². The molecule has 2 amide bonds. The van der Waals surface area contributed by atoms with Crippen LogP contribution in [0.15, 0.2) is 36.4 Å². The Labute approximate surface area is 146 Å². The smallest absolute Gasteiger partial charge is 0.330 e. The van der Waals surface area contributed by atoms with Gasteiger partial charge in [0.25, 0.3) is 5.91 Å². The van der Waals surface area contributed by atoms with Crippen molar-refractivity contribution in [2.24, 2.45) is 5.92 Å². The van der Waals surface area contributed by atoms with Crippen LogP contribution in [0.4, 0.5) is 0 Å². The zero-order valence-electron chi connectivity index (χ0n) is 14.2. The van der Waals surface area contributed by atoms with E-state index in [0.717, 1.165) is 5.56 Å². The van der Waals surface area contributed by atoms with E-state index >= 15 is 0 Å². The molecule has 2 heterocycles. The number of rotatable bonds is 3. The van der Waals surface area contributed by atoms with Crippen LogP contribution in [0.5, 0.6) is 0 Å². The molecule has 2 aliphatic rings. The number of carbonyl (C=O) groups excluding carboxylic acids is 2. The summed E-state index contributed by atoms with van der Waals surface area (Å²) in [5.41, 5.74) is 1.64. The third-order valence-corrected chi connectivity index (χ3v) is 5.00. The average molecular weight is 342 g/mol. The Morgan fingerprint density at radius 3 is 2.44 bits per heavy atom. The van der Waals surface area contributed by atoms with Crippen molar-refractivity contribution < 1.29 is 19.5 Å². The minimum absolute atomic E-state index is 0.00440. The first-order valence-electron chi connectivity index (χ1n) is 8.54. The second kappa shape index (κ2) is 7.09. The molecule has 0 aliphatic carbocycles. The highest BCUT2D eigenvalue weighted by atomic mass is 16.4. The summed E-state index contributed by atoms with van der Waals surface area (Å²) in [6, 6.07) is 6.63. The summed E-state index contributed by atoms with van der Waals surface area (Å²) in [6.07, 6.45) is 4.41. The first-order chi connectivity index (χ1) is 12.0. The summed E-state index contributed by atoms with van der Waals surface area (Å²) in [6.45, 7) is 3.29. The molecule has 0 aromatic heterocycles. The van der Waals surface area contributed by atoms with E-state index in [1.54, 1.807) is 17.1 Å². The van der Waals surface area contributed by atoms with Gasteiger partial charge in [-0.25, -0.2) is 4.79 Å². The fourth-order valence-corrected chi connectivity index (χ4v) is 3.51. The monoisotopic (exact) mass is 342 g/mol. The number of piperidine rings is 1. The Balaban J connectivity index is 1.60.